The number of nitrogens with zero attached hydrogens (tertiary/aromatic N) is 3. The van der Waals surface area contributed by atoms with Crippen molar-refractivity contribution in [3.8, 4) is 0 Å². The Kier molecular flexibility index (Phi) is 11.0. The summed E-state index contributed by atoms with van der Waals surface area (Å²) in [6.45, 7) is 11.6. The normalized spacial score (nSPS) is 17.9. The lowest BCUT2D eigenvalue weighted by Gasteiger charge is -2.41. The van der Waals surface area contributed by atoms with Gasteiger partial charge in [0.2, 0.25) is 5.91 Å². The van der Waals surface area contributed by atoms with E-state index in [0.29, 0.717) is 43.9 Å². The Hall–Kier alpha value is -3.48. The van der Waals surface area contributed by atoms with Gasteiger partial charge in [0.25, 0.3) is 5.60 Å². The van der Waals surface area contributed by atoms with E-state index in [4.69, 9.17) is 0 Å². The van der Waals surface area contributed by atoms with Crippen LogP contribution in [0.3, 0.4) is 0 Å². The maximum atomic E-state index is 13.3. The molecule has 0 radical (unpaired) electrons. The first-order valence-electron chi connectivity index (χ1n) is 13.7. The van der Waals surface area contributed by atoms with Crippen LogP contribution in [0, 0.1) is 0 Å². The average Bonchev–Trinajstić information content (AvgIpc) is 2.93. The van der Waals surface area contributed by atoms with Crippen LogP contribution < -0.4 is 5.32 Å². The summed E-state index contributed by atoms with van der Waals surface area (Å²) in [5.74, 6) is -0.0815. The third-order valence-electron chi connectivity index (χ3n) is 7.19. The van der Waals surface area contributed by atoms with E-state index >= 15 is 0 Å². The van der Waals surface area contributed by atoms with Crippen molar-refractivity contribution in [2.45, 2.75) is 63.9 Å². The largest absolute Gasteiger partial charge is 0.430 e. The van der Waals surface area contributed by atoms with E-state index in [1.54, 1.807) is 36.7 Å². The van der Waals surface area contributed by atoms with Gasteiger partial charge in [-0.05, 0) is 60.7 Å². The Balaban J connectivity index is 1.73. The summed E-state index contributed by atoms with van der Waals surface area (Å²) in [5, 5.41) is 12.7. The molecule has 2 aromatic rings. The molecule has 0 bridgehead atoms. The van der Waals surface area contributed by atoms with E-state index in [-0.39, 0.29) is 17.5 Å². The van der Waals surface area contributed by atoms with Crippen LogP contribution in [0.5, 0.6) is 0 Å². The number of carbonyl (C=O) groups excluding carboxylic acids is 1. The third kappa shape index (κ3) is 8.33. The molecule has 43 heavy (non-hydrogen) atoms. The van der Waals surface area contributed by atoms with Crippen LogP contribution in [-0.4, -0.2) is 75.5 Å². The first-order chi connectivity index (χ1) is 20.1. The molecule has 2 N–H and O–H groups in total. The molecular weight excluding hydrogens is 574 g/mol. The van der Waals surface area contributed by atoms with E-state index in [1.165, 1.54) is 0 Å². The number of nitrogens with one attached hydrogen (secondary N) is 1. The number of benzene rings is 1. The van der Waals surface area contributed by atoms with Gasteiger partial charge in [0.15, 0.2) is 0 Å². The van der Waals surface area contributed by atoms with Crippen molar-refractivity contribution < 1.29 is 36.2 Å². The standard InChI is InChI=1S/C31H36F6N4O2/c1-5-26(29(43,30(32,33)34)31(35,36)37)11-6-22(4)25-9-7-23(8-10-25)19-41-17-16-40(18-24-12-14-38-15-13-24)20-27(41)28(42)39-21(2)3/h5-15,21,27,43H,4,16-20H2,1-3H3,(H,39,42)/b11-6-,26-5+/t27-/m0/s1. The Morgan fingerprint density at radius 3 is 2.12 bits per heavy atom. The molecule has 0 aliphatic carbocycles. The number of hydrogen-bond acceptors (Lipinski definition) is 5. The molecule has 6 nitrogen and oxygen atoms in total. The Bertz CT molecular complexity index is 1290. The summed E-state index contributed by atoms with van der Waals surface area (Å²) in [6.07, 6.45) is -6.36. The van der Waals surface area contributed by atoms with Gasteiger partial charge in [0.1, 0.15) is 6.04 Å². The van der Waals surface area contributed by atoms with Crippen LogP contribution >= 0.6 is 0 Å². The zero-order valence-corrected chi connectivity index (χ0v) is 24.2. The number of amides is 1. The fourth-order valence-corrected chi connectivity index (χ4v) is 4.84. The van der Waals surface area contributed by atoms with Gasteiger partial charge in [0, 0.05) is 51.2 Å². The molecule has 3 rings (SSSR count). The maximum Gasteiger partial charge on any atom is 0.430 e. The SMILES string of the molecule is C=C(/C=C\C(=C/C)C(O)(C(F)(F)F)C(F)(F)F)c1ccc(CN2CCN(Cc3ccncc3)C[C@H]2C(=O)NC(C)C)cc1. The molecular formula is C31H36F6N4O2. The molecule has 1 aliphatic rings. The number of rotatable bonds is 10. The number of piperazine rings is 1. The topological polar surface area (TPSA) is 68.7 Å². The minimum Gasteiger partial charge on any atom is -0.370 e. The number of pyridine rings is 1. The lowest BCUT2D eigenvalue weighted by Crippen LogP contribution is -2.59. The number of hydrogen-bond donors (Lipinski definition) is 2. The van der Waals surface area contributed by atoms with Gasteiger partial charge < -0.3 is 10.4 Å². The number of carbonyl (C=O) groups is 1. The zero-order chi connectivity index (χ0) is 32.0. The molecule has 1 fully saturated rings. The van der Waals surface area contributed by atoms with Gasteiger partial charge in [-0.15, -0.1) is 0 Å². The number of aliphatic hydroxyl groups is 1. The van der Waals surface area contributed by atoms with E-state index in [9.17, 15) is 36.2 Å². The third-order valence-corrected chi connectivity index (χ3v) is 7.19. The summed E-state index contributed by atoms with van der Waals surface area (Å²) in [4.78, 5) is 21.5. The van der Waals surface area contributed by atoms with Crippen LogP contribution in [-0.2, 0) is 17.9 Å². The fraction of sp³-hybridized carbons (Fsp3) is 0.419. The molecule has 0 unspecified atom stereocenters. The second-order valence-corrected chi connectivity index (χ2v) is 10.7. The molecule has 0 spiro atoms. The van der Waals surface area contributed by atoms with Crippen molar-refractivity contribution in [1.29, 1.82) is 0 Å². The highest BCUT2D eigenvalue weighted by Crippen LogP contribution is 2.48. The molecule has 1 aromatic heterocycles. The van der Waals surface area contributed by atoms with Crippen molar-refractivity contribution >= 4 is 11.5 Å². The van der Waals surface area contributed by atoms with Crippen molar-refractivity contribution in [2.24, 2.45) is 0 Å². The van der Waals surface area contributed by atoms with E-state index in [0.717, 1.165) is 30.7 Å². The Morgan fingerprint density at radius 1 is 1.00 bits per heavy atom. The van der Waals surface area contributed by atoms with Gasteiger partial charge in [-0.1, -0.05) is 49.1 Å². The van der Waals surface area contributed by atoms with Crippen molar-refractivity contribution in [3.05, 3.63) is 95.9 Å². The number of allylic oxidation sites excluding steroid dienone is 3. The van der Waals surface area contributed by atoms with Crippen LogP contribution in [0.4, 0.5) is 26.3 Å². The molecule has 2 heterocycles. The second-order valence-electron chi connectivity index (χ2n) is 10.7. The first-order valence-corrected chi connectivity index (χ1v) is 13.7. The fourth-order valence-electron chi connectivity index (χ4n) is 4.84. The zero-order valence-electron chi connectivity index (χ0n) is 24.2. The summed E-state index contributed by atoms with van der Waals surface area (Å²) >= 11 is 0. The molecule has 234 valence electrons. The summed E-state index contributed by atoms with van der Waals surface area (Å²) in [6, 6.07) is 10.3. The second kappa shape index (κ2) is 13.9. The maximum absolute atomic E-state index is 13.3. The van der Waals surface area contributed by atoms with Gasteiger partial charge >= 0.3 is 12.4 Å². The molecule has 1 aromatic carbocycles. The monoisotopic (exact) mass is 610 g/mol. The average molecular weight is 611 g/mol. The van der Waals surface area contributed by atoms with Gasteiger partial charge in [0.05, 0.1) is 0 Å². The Labute approximate surface area is 247 Å². The number of alkyl halides is 6. The van der Waals surface area contributed by atoms with Gasteiger partial charge in [-0.2, -0.15) is 26.3 Å². The lowest BCUT2D eigenvalue weighted by atomic mass is 9.90. The van der Waals surface area contributed by atoms with Crippen molar-refractivity contribution in [1.82, 2.24) is 20.1 Å². The van der Waals surface area contributed by atoms with E-state index in [1.807, 2.05) is 26.0 Å². The van der Waals surface area contributed by atoms with Crippen LogP contribution in [0.15, 0.2) is 79.2 Å². The predicted octanol–water partition coefficient (Wildman–Crippen LogP) is 5.66. The molecule has 1 amide bonds. The smallest absolute Gasteiger partial charge is 0.370 e. The molecule has 1 saturated heterocycles. The quantitative estimate of drug-likeness (QED) is 0.268. The molecule has 12 heteroatoms. The van der Waals surface area contributed by atoms with E-state index in [2.05, 4.69) is 26.7 Å². The van der Waals surface area contributed by atoms with Crippen LogP contribution in [0.1, 0.15) is 37.5 Å². The molecule has 1 aliphatic heterocycles. The summed E-state index contributed by atoms with van der Waals surface area (Å²) in [7, 11) is 0. The molecule has 0 saturated carbocycles. The summed E-state index contributed by atoms with van der Waals surface area (Å²) < 4.78 is 79.7. The highest BCUT2D eigenvalue weighted by molar-refractivity contribution is 5.82. The summed E-state index contributed by atoms with van der Waals surface area (Å²) in [5.41, 5.74) is -3.80. The minimum atomic E-state index is -5.98. The highest BCUT2D eigenvalue weighted by atomic mass is 19.4. The van der Waals surface area contributed by atoms with Crippen molar-refractivity contribution in [3.63, 3.8) is 0 Å². The number of aromatic nitrogens is 1. The van der Waals surface area contributed by atoms with Crippen LogP contribution in [0.2, 0.25) is 0 Å². The highest BCUT2D eigenvalue weighted by Gasteiger charge is 2.71. The predicted molar refractivity (Wildman–Crippen MR) is 152 cm³/mol. The van der Waals surface area contributed by atoms with Gasteiger partial charge in [-0.3, -0.25) is 19.6 Å². The van der Waals surface area contributed by atoms with Crippen LogP contribution in [0.25, 0.3) is 5.57 Å². The number of halogens is 6. The Morgan fingerprint density at radius 2 is 1.58 bits per heavy atom. The van der Waals surface area contributed by atoms with Crippen molar-refractivity contribution in [2.75, 3.05) is 19.6 Å². The molecule has 1 atom stereocenters. The minimum absolute atomic E-state index is 0.0328. The lowest BCUT2D eigenvalue weighted by molar-refractivity contribution is -0.351. The first kappa shape index (κ1) is 34.0. The van der Waals surface area contributed by atoms with E-state index < -0.39 is 29.6 Å². The van der Waals surface area contributed by atoms with Gasteiger partial charge in [-0.25, -0.2) is 0 Å².